The Morgan fingerprint density at radius 2 is 1.55 bits per heavy atom. The van der Waals surface area contributed by atoms with Crippen LogP contribution in [-0.4, -0.2) is 36.1 Å². The molecule has 1 saturated heterocycles. The molecule has 2 aromatic carbocycles. The Morgan fingerprint density at radius 1 is 0.828 bits per heavy atom. The van der Waals surface area contributed by atoms with E-state index in [1.807, 2.05) is 24.0 Å². The summed E-state index contributed by atoms with van der Waals surface area (Å²) < 4.78 is 41.1. The molecule has 150 valence electrons. The fourth-order valence-electron chi connectivity index (χ4n) is 3.37. The second-order valence-corrected chi connectivity index (χ2v) is 6.87. The monoisotopic (exact) mass is 399 g/mol. The topological polar surface area (TPSA) is 44.3 Å². The van der Waals surface area contributed by atoms with Crippen molar-refractivity contribution >= 4 is 23.1 Å². The molecule has 1 aromatic heterocycles. The maximum Gasteiger partial charge on any atom is 0.229 e. The van der Waals surface area contributed by atoms with Crippen LogP contribution in [0.2, 0.25) is 0 Å². The van der Waals surface area contributed by atoms with E-state index in [0.29, 0.717) is 37.7 Å². The third-order valence-electron chi connectivity index (χ3n) is 4.82. The van der Waals surface area contributed by atoms with Gasteiger partial charge in [-0.2, -0.15) is 4.98 Å². The zero-order valence-electron chi connectivity index (χ0n) is 15.9. The molecule has 1 fully saturated rings. The number of benzene rings is 2. The first-order chi connectivity index (χ1) is 14.0. The molecule has 0 spiro atoms. The summed E-state index contributed by atoms with van der Waals surface area (Å²) in [7, 11) is 0. The summed E-state index contributed by atoms with van der Waals surface area (Å²) in [6.07, 6.45) is 0. The van der Waals surface area contributed by atoms with E-state index in [2.05, 4.69) is 20.2 Å². The fourth-order valence-corrected chi connectivity index (χ4v) is 3.37. The predicted molar refractivity (Wildman–Crippen MR) is 107 cm³/mol. The first-order valence-corrected chi connectivity index (χ1v) is 9.32. The number of aryl methyl sites for hydroxylation is 1. The van der Waals surface area contributed by atoms with Crippen molar-refractivity contribution in [2.75, 3.05) is 41.3 Å². The first kappa shape index (κ1) is 19.0. The number of hydrogen-bond acceptors (Lipinski definition) is 5. The smallest absolute Gasteiger partial charge is 0.229 e. The number of piperazine rings is 1. The van der Waals surface area contributed by atoms with Gasteiger partial charge < -0.3 is 15.1 Å². The summed E-state index contributed by atoms with van der Waals surface area (Å²) >= 11 is 0. The van der Waals surface area contributed by atoms with E-state index in [-0.39, 0.29) is 17.5 Å². The number of para-hydroxylation sites is 1. The van der Waals surface area contributed by atoms with E-state index in [1.165, 1.54) is 18.2 Å². The highest BCUT2D eigenvalue weighted by molar-refractivity contribution is 5.57. The van der Waals surface area contributed by atoms with Crippen molar-refractivity contribution in [3.8, 4) is 0 Å². The maximum atomic E-state index is 14.0. The number of rotatable bonds is 4. The molecule has 29 heavy (non-hydrogen) atoms. The highest BCUT2D eigenvalue weighted by Gasteiger charge is 2.21. The maximum absolute atomic E-state index is 14.0. The lowest BCUT2D eigenvalue weighted by Crippen LogP contribution is -2.47. The Bertz CT molecular complexity index is 1020. The number of hydrogen-bond donors (Lipinski definition) is 1. The largest absolute Gasteiger partial charge is 0.366 e. The normalized spacial score (nSPS) is 14.2. The van der Waals surface area contributed by atoms with Gasteiger partial charge in [0.05, 0.1) is 11.4 Å². The van der Waals surface area contributed by atoms with Gasteiger partial charge >= 0.3 is 0 Å². The molecule has 1 N–H and O–H groups in total. The van der Waals surface area contributed by atoms with Gasteiger partial charge in [-0.15, -0.1) is 0 Å². The van der Waals surface area contributed by atoms with Crippen LogP contribution in [0.1, 0.15) is 5.69 Å². The van der Waals surface area contributed by atoms with Crippen LogP contribution in [0.4, 0.5) is 36.3 Å². The van der Waals surface area contributed by atoms with Gasteiger partial charge in [-0.3, -0.25) is 0 Å². The Labute approximate surface area is 166 Å². The Balaban J connectivity index is 1.49. The van der Waals surface area contributed by atoms with Crippen LogP contribution in [-0.2, 0) is 0 Å². The molecule has 0 bridgehead atoms. The van der Waals surface area contributed by atoms with Crippen molar-refractivity contribution in [2.45, 2.75) is 6.92 Å². The van der Waals surface area contributed by atoms with E-state index in [1.54, 1.807) is 12.1 Å². The minimum atomic E-state index is -0.713. The average Bonchev–Trinajstić information content (AvgIpc) is 2.70. The molecule has 0 atom stereocenters. The summed E-state index contributed by atoms with van der Waals surface area (Å²) in [5.74, 6) is -0.647. The van der Waals surface area contributed by atoms with Crippen LogP contribution < -0.4 is 15.1 Å². The molecule has 0 aliphatic carbocycles. The molecule has 3 aromatic rings. The van der Waals surface area contributed by atoms with Gasteiger partial charge in [0.2, 0.25) is 5.95 Å². The van der Waals surface area contributed by atoms with E-state index in [0.717, 1.165) is 11.8 Å². The van der Waals surface area contributed by atoms with Gasteiger partial charge in [0.15, 0.2) is 0 Å². The minimum Gasteiger partial charge on any atom is -0.366 e. The summed E-state index contributed by atoms with van der Waals surface area (Å²) in [5.41, 5.74) is 1.42. The third-order valence-corrected chi connectivity index (χ3v) is 4.82. The number of aromatic nitrogens is 2. The van der Waals surface area contributed by atoms with E-state index in [4.69, 9.17) is 0 Å². The van der Waals surface area contributed by atoms with Gasteiger partial charge in [0.1, 0.15) is 23.3 Å². The summed E-state index contributed by atoms with van der Waals surface area (Å²) in [6.45, 7) is 4.45. The molecule has 0 unspecified atom stereocenters. The lowest BCUT2D eigenvalue weighted by molar-refractivity contribution is 0.585. The average molecular weight is 399 g/mol. The quantitative estimate of drug-likeness (QED) is 0.710. The van der Waals surface area contributed by atoms with Crippen molar-refractivity contribution in [1.29, 1.82) is 0 Å². The second kappa shape index (κ2) is 7.98. The van der Waals surface area contributed by atoms with Crippen LogP contribution in [0.3, 0.4) is 0 Å². The zero-order chi connectivity index (χ0) is 20.4. The molecule has 0 amide bonds. The van der Waals surface area contributed by atoms with E-state index < -0.39 is 11.6 Å². The SMILES string of the molecule is Cc1cc(N2CCN(c3ccccc3F)CC2)nc(Nc2ccc(F)cc2F)n1. The molecule has 0 radical (unpaired) electrons. The van der Waals surface area contributed by atoms with E-state index >= 15 is 0 Å². The van der Waals surface area contributed by atoms with Gasteiger partial charge in [-0.25, -0.2) is 18.2 Å². The van der Waals surface area contributed by atoms with Gasteiger partial charge in [-0.05, 0) is 31.2 Å². The molecule has 1 aliphatic rings. The van der Waals surface area contributed by atoms with Gasteiger partial charge in [0, 0.05) is 44.0 Å². The molecule has 0 saturated carbocycles. The summed E-state index contributed by atoms with van der Waals surface area (Å²) in [5, 5.41) is 2.81. The van der Waals surface area contributed by atoms with Gasteiger partial charge in [-0.1, -0.05) is 12.1 Å². The number of nitrogens with one attached hydrogen (secondary N) is 1. The van der Waals surface area contributed by atoms with Crippen LogP contribution >= 0.6 is 0 Å². The highest BCUT2D eigenvalue weighted by atomic mass is 19.1. The molecule has 1 aliphatic heterocycles. The lowest BCUT2D eigenvalue weighted by Gasteiger charge is -2.37. The molecular formula is C21H20F3N5. The zero-order valence-corrected chi connectivity index (χ0v) is 15.9. The number of anilines is 4. The Kier molecular flexibility index (Phi) is 5.24. The Morgan fingerprint density at radius 3 is 2.28 bits per heavy atom. The first-order valence-electron chi connectivity index (χ1n) is 9.32. The van der Waals surface area contributed by atoms with Gasteiger partial charge in [0.25, 0.3) is 0 Å². The fraction of sp³-hybridized carbons (Fsp3) is 0.238. The van der Waals surface area contributed by atoms with Crippen molar-refractivity contribution in [3.05, 3.63) is 71.7 Å². The molecular weight excluding hydrogens is 379 g/mol. The number of halogens is 3. The Hall–Kier alpha value is -3.29. The van der Waals surface area contributed by atoms with Crippen LogP contribution in [0, 0.1) is 24.4 Å². The van der Waals surface area contributed by atoms with Crippen LogP contribution in [0.5, 0.6) is 0 Å². The number of nitrogens with zero attached hydrogens (tertiary/aromatic N) is 4. The highest BCUT2D eigenvalue weighted by Crippen LogP contribution is 2.24. The lowest BCUT2D eigenvalue weighted by atomic mass is 10.2. The molecule has 2 heterocycles. The van der Waals surface area contributed by atoms with Crippen LogP contribution in [0.25, 0.3) is 0 Å². The standard InChI is InChI=1S/C21H20F3N5/c1-14-12-20(27-21(25-14)26-18-7-6-15(22)13-17(18)24)29-10-8-28(9-11-29)19-5-3-2-4-16(19)23/h2-7,12-13H,8-11H2,1H3,(H,25,26,27). The van der Waals surface area contributed by atoms with Crippen molar-refractivity contribution in [1.82, 2.24) is 9.97 Å². The molecule has 4 rings (SSSR count). The second-order valence-electron chi connectivity index (χ2n) is 6.87. The molecule has 5 nitrogen and oxygen atoms in total. The third kappa shape index (κ3) is 4.26. The molecule has 8 heteroatoms. The van der Waals surface area contributed by atoms with Crippen molar-refractivity contribution in [2.24, 2.45) is 0 Å². The van der Waals surface area contributed by atoms with Crippen LogP contribution in [0.15, 0.2) is 48.5 Å². The predicted octanol–water partition coefficient (Wildman–Crippen LogP) is 4.27. The summed E-state index contributed by atoms with van der Waals surface area (Å²) in [6, 6.07) is 11.9. The van der Waals surface area contributed by atoms with Crippen molar-refractivity contribution in [3.63, 3.8) is 0 Å². The minimum absolute atomic E-state index is 0.104. The van der Waals surface area contributed by atoms with Crippen molar-refractivity contribution < 1.29 is 13.2 Å². The summed E-state index contributed by atoms with van der Waals surface area (Å²) in [4.78, 5) is 12.9. The van der Waals surface area contributed by atoms with E-state index in [9.17, 15) is 13.2 Å².